The second kappa shape index (κ2) is 8.11. The summed E-state index contributed by atoms with van der Waals surface area (Å²) in [5.74, 6) is 1.03. The zero-order chi connectivity index (χ0) is 17.6. The molecule has 1 aromatic heterocycles. The Kier molecular flexibility index (Phi) is 5.64. The van der Waals surface area contributed by atoms with E-state index in [4.69, 9.17) is 9.47 Å². The Bertz CT molecular complexity index is 620. The first-order valence-electron chi connectivity index (χ1n) is 8.45. The van der Waals surface area contributed by atoms with Crippen molar-refractivity contribution < 1.29 is 19.1 Å². The van der Waals surface area contributed by atoms with Crippen LogP contribution in [0.15, 0.2) is 12.4 Å². The minimum Gasteiger partial charge on any atom is -0.472 e. The van der Waals surface area contributed by atoms with E-state index in [1.807, 2.05) is 6.07 Å². The minimum absolute atomic E-state index is 0.0245. The van der Waals surface area contributed by atoms with Gasteiger partial charge < -0.3 is 24.6 Å². The van der Waals surface area contributed by atoms with Gasteiger partial charge in [-0.25, -0.2) is 9.97 Å². The molecule has 2 saturated heterocycles. The molecule has 1 atom stereocenters. The molecule has 2 aliphatic rings. The normalized spacial score (nSPS) is 20.4. The number of amides is 2. The van der Waals surface area contributed by atoms with Crippen LogP contribution >= 0.6 is 0 Å². The molecule has 2 fully saturated rings. The number of hydrogen-bond donors (Lipinski definition) is 1. The van der Waals surface area contributed by atoms with Crippen molar-refractivity contribution in [2.75, 3.05) is 50.8 Å². The predicted molar refractivity (Wildman–Crippen MR) is 89.4 cm³/mol. The van der Waals surface area contributed by atoms with Crippen LogP contribution in [0.1, 0.15) is 13.3 Å². The van der Waals surface area contributed by atoms with Crippen molar-refractivity contribution in [3.05, 3.63) is 12.4 Å². The molecule has 0 aliphatic carbocycles. The van der Waals surface area contributed by atoms with Gasteiger partial charge in [0.05, 0.1) is 26.3 Å². The molecule has 9 heteroatoms. The van der Waals surface area contributed by atoms with Gasteiger partial charge in [0.2, 0.25) is 17.7 Å². The Labute approximate surface area is 146 Å². The van der Waals surface area contributed by atoms with Crippen LogP contribution in [-0.4, -0.2) is 78.7 Å². The molecule has 0 bridgehead atoms. The third kappa shape index (κ3) is 4.79. The van der Waals surface area contributed by atoms with E-state index in [0.717, 1.165) is 25.3 Å². The molecule has 0 radical (unpaired) electrons. The van der Waals surface area contributed by atoms with Gasteiger partial charge >= 0.3 is 0 Å². The summed E-state index contributed by atoms with van der Waals surface area (Å²) in [7, 11) is 0. The third-order valence-electron chi connectivity index (χ3n) is 4.24. The first-order chi connectivity index (χ1) is 12.1. The fraction of sp³-hybridized carbons (Fsp3) is 0.625. The highest BCUT2D eigenvalue weighted by molar-refractivity contribution is 5.83. The maximum absolute atomic E-state index is 12.0. The fourth-order valence-corrected chi connectivity index (χ4v) is 2.89. The van der Waals surface area contributed by atoms with Crippen LogP contribution in [0.4, 0.5) is 5.82 Å². The average molecular weight is 349 g/mol. The van der Waals surface area contributed by atoms with E-state index >= 15 is 0 Å². The lowest BCUT2D eigenvalue weighted by Gasteiger charge is -2.27. The van der Waals surface area contributed by atoms with Crippen LogP contribution in [0.2, 0.25) is 0 Å². The summed E-state index contributed by atoms with van der Waals surface area (Å²) in [6.45, 7) is 5.50. The standard InChI is InChI=1S/C16H23N5O4/c1-12(22)17-9-16(23)21-3-2-13(10-21)25-15-8-14(18-11-19-15)20-4-6-24-7-5-20/h8,11,13H,2-7,9-10H2,1H3,(H,17,22). The first-order valence-corrected chi connectivity index (χ1v) is 8.45. The van der Waals surface area contributed by atoms with Gasteiger partial charge in [0, 0.05) is 39.0 Å². The number of likely N-dealkylation sites (tertiary alicyclic amines) is 1. The number of nitrogens with one attached hydrogen (secondary N) is 1. The number of anilines is 1. The molecule has 1 unspecified atom stereocenters. The molecule has 0 spiro atoms. The molecule has 1 N–H and O–H groups in total. The van der Waals surface area contributed by atoms with E-state index in [0.29, 0.717) is 32.2 Å². The van der Waals surface area contributed by atoms with Gasteiger partial charge in [0.1, 0.15) is 18.2 Å². The summed E-state index contributed by atoms with van der Waals surface area (Å²) in [6, 6.07) is 1.83. The first kappa shape index (κ1) is 17.4. The second-order valence-corrected chi connectivity index (χ2v) is 6.09. The largest absolute Gasteiger partial charge is 0.472 e. The minimum atomic E-state index is -0.211. The highest BCUT2D eigenvalue weighted by Gasteiger charge is 2.28. The van der Waals surface area contributed by atoms with Crippen molar-refractivity contribution in [1.82, 2.24) is 20.2 Å². The zero-order valence-electron chi connectivity index (χ0n) is 14.3. The highest BCUT2D eigenvalue weighted by Crippen LogP contribution is 2.20. The van der Waals surface area contributed by atoms with Gasteiger partial charge in [-0.3, -0.25) is 9.59 Å². The number of morpholine rings is 1. The molecule has 0 saturated carbocycles. The van der Waals surface area contributed by atoms with Crippen molar-refractivity contribution >= 4 is 17.6 Å². The predicted octanol–water partition coefficient (Wildman–Crippen LogP) is -0.571. The molecule has 9 nitrogen and oxygen atoms in total. The van der Waals surface area contributed by atoms with Gasteiger partial charge in [-0.2, -0.15) is 0 Å². The molecule has 1 aromatic rings. The number of ether oxygens (including phenoxy) is 2. The van der Waals surface area contributed by atoms with Crippen molar-refractivity contribution in [2.45, 2.75) is 19.4 Å². The van der Waals surface area contributed by atoms with Crippen molar-refractivity contribution in [3.63, 3.8) is 0 Å². The third-order valence-corrected chi connectivity index (χ3v) is 4.24. The van der Waals surface area contributed by atoms with Crippen LogP contribution < -0.4 is 15.0 Å². The molecular formula is C16H23N5O4. The number of rotatable bonds is 5. The van der Waals surface area contributed by atoms with Crippen LogP contribution in [0.5, 0.6) is 5.88 Å². The Morgan fingerprint density at radius 3 is 2.88 bits per heavy atom. The van der Waals surface area contributed by atoms with Crippen LogP contribution in [-0.2, 0) is 14.3 Å². The molecule has 0 aromatic carbocycles. The smallest absolute Gasteiger partial charge is 0.242 e. The average Bonchev–Trinajstić information content (AvgIpc) is 3.09. The Morgan fingerprint density at radius 1 is 1.32 bits per heavy atom. The van der Waals surface area contributed by atoms with Crippen LogP contribution in [0.3, 0.4) is 0 Å². The van der Waals surface area contributed by atoms with Gasteiger partial charge in [-0.1, -0.05) is 0 Å². The summed E-state index contributed by atoms with van der Waals surface area (Å²) >= 11 is 0. The van der Waals surface area contributed by atoms with E-state index in [1.54, 1.807) is 4.90 Å². The zero-order valence-corrected chi connectivity index (χ0v) is 14.3. The van der Waals surface area contributed by atoms with Crippen molar-refractivity contribution in [2.24, 2.45) is 0 Å². The van der Waals surface area contributed by atoms with Gasteiger partial charge in [0.25, 0.3) is 0 Å². The summed E-state index contributed by atoms with van der Waals surface area (Å²) in [4.78, 5) is 35.2. The van der Waals surface area contributed by atoms with E-state index in [-0.39, 0.29) is 24.5 Å². The van der Waals surface area contributed by atoms with E-state index < -0.39 is 0 Å². The SMILES string of the molecule is CC(=O)NCC(=O)N1CCC(Oc2cc(N3CCOCC3)ncn2)C1. The summed E-state index contributed by atoms with van der Waals surface area (Å²) in [6.07, 6.45) is 2.13. The molecule has 3 heterocycles. The molecular weight excluding hydrogens is 326 g/mol. The molecule has 2 aliphatic heterocycles. The molecule has 25 heavy (non-hydrogen) atoms. The quantitative estimate of drug-likeness (QED) is 0.760. The van der Waals surface area contributed by atoms with E-state index in [2.05, 4.69) is 20.2 Å². The topological polar surface area (TPSA) is 96.9 Å². The fourth-order valence-electron chi connectivity index (χ4n) is 2.89. The maximum Gasteiger partial charge on any atom is 0.242 e. The van der Waals surface area contributed by atoms with Crippen LogP contribution in [0.25, 0.3) is 0 Å². The number of carbonyl (C=O) groups excluding carboxylic acids is 2. The number of aromatic nitrogens is 2. The lowest BCUT2D eigenvalue weighted by atomic mass is 10.3. The van der Waals surface area contributed by atoms with Gasteiger partial charge in [0.15, 0.2) is 0 Å². The summed E-state index contributed by atoms with van der Waals surface area (Å²) < 4.78 is 11.3. The summed E-state index contributed by atoms with van der Waals surface area (Å²) in [5.41, 5.74) is 0. The van der Waals surface area contributed by atoms with Gasteiger partial charge in [-0.15, -0.1) is 0 Å². The Morgan fingerprint density at radius 2 is 2.12 bits per heavy atom. The second-order valence-electron chi connectivity index (χ2n) is 6.09. The summed E-state index contributed by atoms with van der Waals surface area (Å²) in [5, 5.41) is 2.52. The molecule has 2 amide bonds. The van der Waals surface area contributed by atoms with E-state index in [9.17, 15) is 9.59 Å². The molecule has 136 valence electrons. The number of carbonyl (C=O) groups is 2. The van der Waals surface area contributed by atoms with Crippen molar-refractivity contribution in [1.29, 1.82) is 0 Å². The Balaban J connectivity index is 1.53. The van der Waals surface area contributed by atoms with Crippen LogP contribution in [0, 0.1) is 0 Å². The Hall–Kier alpha value is -2.42. The lowest BCUT2D eigenvalue weighted by Crippen LogP contribution is -2.39. The number of hydrogen-bond acceptors (Lipinski definition) is 7. The molecule has 3 rings (SSSR count). The maximum atomic E-state index is 12.0. The van der Waals surface area contributed by atoms with E-state index in [1.165, 1.54) is 13.3 Å². The lowest BCUT2D eigenvalue weighted by molar-refractivity contribution is -0.131. The monoisotopic (exact) mass is 349 g/mol. The van der Waals surface area contributed by atoms with Crippen molar-refractivity contribution in [3.8, 4) is 5.88 Å². The number of nitrogens with zero attached hydrogens (tertiary/aromatic N) is 4. The van der Waals surface area contributed by atoms with Gasteiger partial charge in [-0.05, 0) is 0 Å². The highest BCUT2D eigenvalue weighted by atomic mass is 16.5.